The summed E-state index contributed by atoms with van der Waals surface area (Å²) < 4.78 is 0. The zero-order valence-corrected chi connectivity index (χ0v) is 9.63. The summed E-state index contributed by atoms with van der Waals surface area (Å²) in [6.07, 6.45) is 4.15. The van der Waals surface area contributed by atoms with Gasteiger partial charge in [0, 0.05) is 11.9 Å². The Hall–Kier alpha value is -1.63. The van der Waals surface area contributed by atoms with Gasteiger partial charge in [-0.2, -0.15) is 0 Å². The van der Waals surface area contributed by atoms with Crippen molar-refractivity contribution in [1.29, 1.82) is 0 Å². The molecule has 0 fully saturated rings. The van der Waals surface area contributed by atoms with E-state index in [2.05, 4.69) is 54.4 Å². The average Bonchev–Trinajstić information content (AvgIpc) is 2.38. The van der Waals surface area contributed by atoms with Crippen LogP contribution in [0.25, 0.3) is 0 Å². The van der Waals surface area contributed by atoms with Crippen molar-refractivity contribution < 1.29 is 0 Å². The summed E-state index contributed by atoms with van der Waals surface area (Å²) in [5, 5.41) is 0. The summed E-state index contributed by atoms with van der Waals surface area (Å²) in [5.74, 6) is 0.529. The maximum Gasteiger partial charge on any atom is 0.0431 e. The summed E-state index contributed by atoms with van der Waals surface area (Å²) >= 11 is 0. The van der Waals surface area contributed by atoms with Gasteiger partial charge in [-0.05, 0) is 36.5 Å². The van der Waals surface area contributed by atoms with Crippen LogP contribution in [-0.4, -0.2) is 4.98 Å². The second-order valence-electron chi connectivity index (χ2n) is 4.18. The lowest BCUT2D eigenvalue weighted by atomic mass is 9.98. The molecule has 0 bridgehead atoms. The molecule has 0 aliphatic carbocycles. The highest BCUT2D eigenvalue weighted by atomic mass is 14.7. The van der Waals surface area contributed by atoms with Crippen LogP contribution in [0.3, 0.4) is 0 Å². The zero-order valence-electron chi connectivity index (χ0n) is 9.63. The number of pyridine rings is 1. The molecule has 1 nitrogen and oxygen atoms in total. The second kappa shape index (κ2) is 5.45. The highest BCUT2D eigenvalue weighted by Crippen LogP contribution is 2.18. The summed E-state index contributed by atoms with van der Waals surface area (Å²) in [5.41, 5.74) is 2.60. The lowest BCUT2D eigenvalue weighted by Gasteiger charge is -2.10. The Labute approximate surface area is 97.2 Å². The molecule has 1 heterocycles. The van der Waals surface area contributed by atoms with E-state index in [1.54, 1.807) is 0 Å². The zero-order chi connectivity index (χ0) is 11.2. The molecule has 0 amide bonds. The van der Waals surface area contributed by atoms with Crippen molar-refractivity contribution in [3.05, 3.63) is 66.0 Å². The smallest absolute Gasteiger partial charge is 0.0431 e. The third kappa shape index (κ3) is 2.93. The van der Waals surface area contributed by atoms with Crippen LogP contribution in [-0.2, 0) is 6.42 Å². The van der Waals surface area contributed by atoms with Gasteiger partial charge >= 0.3 is 0 Å². The number of hydrogen-bond acceptors (Lipinski definition) is 1. The first-order chi connectivity index (χ1) is 7.86. The van der Waals surface area contributed by atoms with E-state index in [4.69, 9.17) is 0 Å². The first-order valence-electron chi connectivity index (χ1n) is 5.81. The maximum atomic E-state index is 4.39. The molecule has 2 rings (SSSR count). The number of aryl methyl sites for hydroxylation is 1. The third-order valence-electron chi connectivity index (χ3n) is 2.90. The molecule has 0 saturated carbocycles. The number of benzene rings is 1. The van der Waals surface area contributed by atoms with Crippen molar-refractivity contribution in [2.24, 2.45) is 0 Å². The molecular formula is C15H17N. The van der Waals surface area contributed by atoms with Gasteiger partial charge in [0.1, 0.15) is 0 Å². The van der Waals surface area contributed by atoms with Crippen LogP contribution < -0.4 is 0 Å². The van der Waals surface area contributed by atoms with Gasteiger partial charge in [-0.3, -0.25) is 4.98 Å². The van der Waals surface area contributed by atoms with Gasteiger partial charge in [-0.25, -0.2) is 0 Å². The molecule has 0 aliphatic heterocycles. The molecule has 1 heteroatoms. The van der Waals surface area contributed by atoms with Crippen LogP contribution in [0.5, 0.6) is 0 Å². The molecule has 2 aromatic rings. The Kier molecular flexibility index (Phi) is 3.71. The van der Waals surface area contributed by atoms with Gasteiger partial charge in [0.15, 0.2) is 0 Å². The average molecular weight is 211 g/mol. The molecule has 16 heavy (non-hydrogen) atoms. The molecule has 0 saturated heterocycles. The predicted molar refractivity (Wildman–Crippen MR) is 67.4 cm³/mol. The molecule has 1 aromatic heterocycles. The minimum atomic E-state index is 0.529. The third-order valence-corrected chi connectivity index (χ3v) is 2.90. The molecule has 0 aliphatic rings. The Morgan fingerprint density at radius 3 is 2.44 bits per heavy atom. The summed E-state index contributed by atoms with van der Waals surface area (Å²) in [4.78, 5) is 4.39. The molecular weight excluding hydrogens is 194 g/mol. The molecule has 0 N–H and O–H groups in total. The van der Waals surface area contributed by atoms with Crippen LogP contribution in [0.15, 0.2) is 54.7 Å². The highest BCUT2D eigenvalue weighted by molar-refractivity contribution is 5.16. The fourth-order valence-electron chi connectivity index (χ4n) is 1.84. The van der Waals surface area contributed by atoms with Gasteiger partial charge in [0.2, 0.25) is 0 Å². The molecule has 1 aromatic carbocycles. The molecule has 1 atom stereocenters. The van der Waals surface area contributed by atoms with Crippen molar-refractivity contribution >= 4 is 0 Å². The fourth-order valence-corrected chi connectivity index (χ4v) is 1.84. The van der Waals surface area contributed by atoms with E-state index in [1.807, 2.05) is 12.3 Å². The van der Waals surface area contributed by atoms with Gasteiger partial charge in [-0.15, -0.1) is 0 Å². The van der Waals surface area contributed by atoms with Gasteiger partial charge < -0.3 is 0 Å². The first kappa shape index (κ1) is 10.9. The first-order valence-corrected chi connectivity index (χ1v) is 5.81. The monoisotopic (exact) mass is 211 g/mol. The normalized spacial score (nSPS) is 12.3. The Morgan fingerprint density at radius 2 is 1.75 bits per heavy atom. The van der Waals surface area contributed by atoms with Crippen molar-refractivity contribution in [3.63, 3.8) is 0 Å². The summed E-state index contributed by atoms with van der Waals surface area (Å²) in [6, 6.07) is 16.8. The predicted octanol–water partition coefficient (Wildman–Crippen LogP) is 3.82. The van der Waals surface area contributed by atoms with Crippen molar-refractivity contribution in [2.45, 2.75) is 25.7 Å². The second-order valence-corrected chi connectivity index (χ2v) is 4.18. The Bertz CT molecular complexity index is 408. The quantitative estimate of drug-likeness (QED) is 0.749. The Balaban J connectivity index is 1.92. The summed E-state index contributed by atoms with van der Waals surface area (Å²) in [7, 11) is 0. The van der Waals surface area contributed by atoms with Crippen LogP contribution in [0, 0.1) is 0 Å². The van der Waals surface area contributed by atoms with E-state index < -0.39 is 0 Å². The number of hydrogen-bond donors (Lipinski definition) is 0. The molecule has 1 unspecified atom stereocenters. The SMILES string of the molecule is CC(CCc1ccccc1)c1ccccn1. The fraction of sp³-hybridized carbons (Fsp3) is 0.267. The number of rotatable bonds is 4. The largest absolute Gasteiger partial charge is 0.261 e. The Morgan fingerprint density at radius 1 is 1.00 bits per heavy atom. The molecule has 0 spiro atoms. The van der Waals surface area contributed by atoms with E-state index in [1.165, 1.54) is 11.3 Å². The van der Waals surface area contributed by atoms with E-state index in [0.29, 0.717) is 5.92 Å². The van der Waals surface area contributed by atoms with Gasteiger partial charge in [0.25, 0.3) is 0 Å². The topological polar surface area (TPSA) is 12.9 Å². The van der Waals surface area contributed by atoms with Crippen LogP contribution >= 0.6 is 0 Å². The molecule has 82 valence electrons. The van der Waals surface area contributed by atoms with Crippen molar-refractivity contribution in [1.82, 2.24) is 4.98 Å². The van der Waals surface area contributed by atoms with Crippen molar-refractivity contribution in [3.8, 4) is 0 Å². The van der Waals surface area contributed by atoms with E-state index in [0.717, 1.165) is 12.8 Å². The van der Waals surface area contributed by atoms with E-state index >= 15 is 0 Å². The van der Waals surface area contributed by atoms with Gasteiger partial charge in [-0.1, -0.05) is 43.3 Å². The number of aromatic nitrogens is 1. The molecule has 0 radical (unpaired) electrons. The lowest BCUT2D eigenvalue weighted by molar-refractivity contribution is 0.660. The lowest BCUT2D eigenvalue weighted by Crippen LogP contribution is -1.98. The number of nitrogens with zero attached hydrogens (tertiary/aromatic N) is 1. The van der Waals surface area contributed by atoms with Crippen LogP contribution in [0.4, 0.5) is 0 Å². The van der Waals surface area contributed by atoms with Crippen LogP contribution in [0.1, 0.15) is 30.5 Å². The van der Waals surface area contributed by atoms with Crippen molar-refractivity contribution in [2.75, 3.05) is 0 Å². The van der Waals surface area contributed by atoms with E-state index in [-0.39, 0.29) is 0 Å². The minimum absolute atomic E-state index is 0.529. The highest BCUT2D eigenvalue weighted by Gasteiger charge is 2.05. The van der Waals surface area contributed by atoms with Gasteiger partial charge in [0.05, 0.1) is 0 Å². The minimum Gasteiger partial charge on any atom is -0.261 e. The maximum absolute atomic E-state index is 4.39. The van der Waals surface area contributed by atoms with E-state index in [9.17, 15) is 0 Å². The standard InChI is InChI=1S/C15H17N/c1-13(15-9-5-6-12-16-15)10-11-14-7-3-2-4-8-14/h2-9,12-13H,10-11H2,1H3. The van der Waals surface area contributed by atoms with Crippen LogP contribution in [0.2, 0.25) is 0 Å². The summed E-state index contributed by atoms with van der Waals surface area (Å²) in [6.45, 7) is 2.24.